The summed E-state index contributed by atoms with van der Waals surface area (Å²) in [5.74, 6) is 1.55. The molecule has 0 saturated heterocycles. The first kappa shape index (κ1) is 17.7. The SMILES string of the molecule is CCCC(C)CC(CNC(C)C)Cc1cccc(Br)c1. The van der Waals surface area contributed by atoms with E-state index in [0.717, 1.165) is 18.4 Å². The second-order valence-electron chi connectivity index (χ2n) is 6.39. The highest BCUT2D eigenvalue weighted by Crippen LogP contribution is 2.22. The van der Waals surface area contributed by atoms with Crippen LogP contribution in [0, 0.1) is 11.8 Å². The Hall–Kier alpha value is -0.340. The number of hydrogen-bond donors (Lipinski definition) is 1. The van der Waals surface area contributed by atoms with E-state index in [2.05, 4.69) is 73.2 Å². The molecule has 0 fully saturated rings. The summed E-state index contributed by atoms with van der Waals surface area (Å²) in [5, 5.41) is 3.62. The Balaban J connectivity index is 2.61. The van der Waals surface area contributed by atoms with Crippen molar-refractivity contribution in [2.24, 2.45) is 11.8 Å². The van der Waals surface area contributed by atoms with Gasteiger partial charge in [-0.05, 0) is 48.9 Å². The van der Waals surface area contributed by atoms with E-state index in [1.807, 2.05) is 0 Å². The molecule has 0 amide bonds. The summed E-state index contributed by atoms with van der Waals surface area (Å²) in [6.07, 6.45) is 5.13. The summed E-state index contributed by atoms with van der Waals surface area (Å²) < 4.78 is 1.19. The molecule has 2 unspecified atom stereocenters. The number of nitrogens with one attached hydrogen (secondary N) is 1. The maximum atomic E-state index is 3.62. The van der Waals surface area contributed by atoms with Gasteiger partial charge in [-0.15, -0.1) is 0 Å². The van der Waals surface area contributed by atoms with Crippen molar-refractivity contribution in [1.29, 1.82) is 0 Å². The normalized spacial score (nSPS) is 14.5. The number of rotatable bonds is 9. The van der Waals surface area contributed by atoms with Crippen LogP contribution in [0.3, 0.4) is 0 Å². The van der Waals surface area contributed by atoms with Crippen LogP contribution in [0.15, 0.2) is 28.7 Å². The molecular weight excluding hydrogens is 310 g/mol. The number of halogens is 1. The van der Waals surface area contributed by atoms with Crippen molar-refractivity contribution in [2.75, 3.05) is 6.54 Å². The molecule has 1 aromatic rings. The van der Waals surface area contributed by atoms with Crippen LogP contribution in [0.5, 0.6) is 0 Å². The Kier molecular flexibility index (Phi) is 8.47. The van der Waals surface area contributed by atoms with Gasteiger partial charge in [-0.1, -0.05) is 68.6 Å². The van der Waals surface area contributed by atoms with E-state index in [1.165, 1.54) is 35.7 Å². The Morgan fingerprint density at radius 1 is 1.20 bits per heavy atom. The molecule has 1 aromatic carbocycles. The largest absolute Gasteiger partial charge is 0.314 e. The summed E-state index contributed by atoms with van der Waals surface area (Å²) in [4.78, 5) is 0. The molecule has 0 bridgehead atoms. The minimum Gasteiger partial charge on any atom is -0.314 e. The van der Waals surface area contributed by atoms with Crippen LogP contribution in [-0.4, -0.2) is 12.6 Å². The van der Waals surface area contributed by atoms with Crippen LogP contribution in [0.1, 0.15) is 52.5 Å². The van der Waals surface area contributed by atoms with Crippen molar-refractivity contribution in [3.63, 3.8) is 0 Å². The van der Waals surface area contributed by atoms with Gasteiger partial charge < -0.3 is 5.32 Å². The van der Waals surface area contributed by atoms with Crippen molar-refractivity contribution < 1.29 is 0 Å². The lowest BCUT2D eigenvalue weighted by Crippen LogP contribution is -2.30. The third kappa shape index (κ3) is 7.44. The van der Waals surface area contributed by atoms with Gasteiger partial charge in [-0.25, -0.2) is 0 Å². The molecule has 0 heterocycles. The molecule has 0 spiro atoms. The minimum absolute atomic E-state index is 0.571. The van der Waals surface area contributed by atoms with Crippen LogP contribution in [0.2, 0.25) is 0 Å². The molecule has 0 aromatic heterocycles. The monoisotopic (exact) mass is 339 g/mol. The van der Waals surface area contributed by atoms with Gasteiger partial charge in [0.15, 0.2) is 0 Å². The van der Waals surface area contributed by atoms with Gasteiger partial charge in [0.2, 0.25) is 0 Å². The van der Waals surface area contributed by atoms with E-state index < -0.39 is 0 Å². The van der Waals surface area contributed by atoms with Crippen molar-refractivity contribution in [3.8, 4) is 0 Å². The Bertz CT molecular complexity index is 375. The van der Waals surface area contributed by atoms with Crippen LogP contribution < -0.4 is 5.32 Å². The second kappa shape index (κ2) is 9.57. The van der Waals surface area contributed by atoms with E-state index in [0.29, 0.717) is 6.04 Å². The number of hydrogen-bond acceptors (Lipinski definition) is 1. The average Bonchev–Trinajstić information content (AvgIpc) is 2.36. The van der Waals surface area contributed by atoms with Gasteiger partial charge in [0.05, 0.1) is 0 Å². The molecule has 1 N–H and O–H groups in total. The second-order valence-corrected chi connectivity index (χ2v) is 7.31. The highest BCUT2D eigenvalue weighted by atomic mass is 79.9. The third-order valence-corrected chi connectivity index (χ3v) is 4.24. The van der Waals surface area contributed by atoms with Gasteiger partial charge in [-0.2, -0.15) is 0 Å². The number of benzene rings is 1. The molecule has 2 atom stereocenters. The van der Waals surface area contributed by atoms with E-state index in [-0.39, 0.29) is 0 Å². The predicted molar refractivity (Wildman–Crippen MR) is 93.2 cm³/mol. The molecule has 2 heteroatoms. The predicted octanol–water partition coefficient (Wildman–Crippen LogP) is 5.43. The van der Waals surface area contributed by atoms with Crippen LogP contribution in [0.4, 0.5) is 0 Å². The fourth-order valence-electron chi connectivity index (χ4n) is 2.82. The summed E-state index contributed by atoms with van der Waals surface area (Å²) in [7, 11) is 0. The first-order valence-corrected chi connectivity index (χ1v) is 8.78. The van der Waals surface area contributed by atoms with E-state index >= 15 is 0 Å². The average molecular weight is 340 g/mol. The maximum absolute atomic E-state index is 3.62. The third-order valence-electron chi connectivity index (χ3n) is 3.75. The lowest BCUT2D eigenvalue weighted by molar-refractivity contribution is 0.345. The lowest BCUT2D eigenvalue weighted by Gasteiger charge is -2.23. The summed E-state index contributed by atoms with van der Waals surface area (Å²) in [5.41, 5.74) is 1.44. The molecule has 0 aliphatic carbocycles. The van der Waals surface area contributed by atoms with E-state index in [1.54, 1.807) is 0 Å². The van der Waals surface area contributed by atoms with Gasteiger partial charge >= 0.3 is 0 Å². The zero-order chi connectivity index (χ0) is 15.0. The highest BCUT2D eigenvalue weighted by Gasteiger charge is 2.14. The van der Waals surface area contributed by atoms with Crippen molar-refractivity contribution in [1.82, 2.24) is 5.32 Å². The van der Waals surface area contributed by atoms with Crippen LogP contribution >= 0.6 is 15.9 Å². The van der Waals surface area contributed by atoms with Crippen LogP contribution in [0.25, 0.3) is 0 Å². The fraction of sp³-hybridized carbons (Fsp3) is 0.667. The van der Waals surface area contributed by atoms with Gasteiger partial charge in [0.1, 0.15) is 0 Å². The quantitative estimate of drug-likeness (QED) is 0.632. The van der Waals surface area contributed by atoms with E-state index in [4.69, 9.17) is 0 Å². The van der Waals surface area contributed by atoms with Crippen molar-refractivity contribution >= 4 is 15.9 Å². The zero-order valence-electron chi connectivity index (χ0n) is 13.5. The fourth-order valence-corrected chi connectivity index (χ4v) is 3.26. The zero-order valence-corrected chi connectivity index (χ0v) is 15.0. The van der Waals surface area contributed by atoms with Crippen LogP contribution in [-0.2, 0) is 6.42 Å². The lowest BCUT2D eigenvalue weighted by atomic mass is 9.88. The Labute approximate surface area is 133 Å². The molecule has 114 valence electrons. The highest BCUT2D eigenvalue weighted by molar-refractivity contribution is 9.10. The van der Waals surface area contributed by atoms with Gasteiger partial charge in [0.25, 0.3) is 0 Å². The molecule has 0 aliphatic rings. The summed E-state index contributed by atoms with van der Waals surface area (Å²) >= 11 is 3.57. The minimum atomic E-state index is 0.571. The molecule has 20 heavy (non-hydrogen) atoms. The van der Waals surface area contributed by atoms with E-state index in [9.17, 15) is 0 Å². The molecule has 1 rings (SSSR count). The topological polar surface area (TPSA) is 12.0 Å². The summed E-state index contributed by atoms with van der Waals surface area (Å²) in [6.45, 7) is 10.3. The molecule has 0 saturated carbocycles. The molecule has 0 radical (unpaired) electrons. The first-order chi connectivity index (χ1) is 9.51. The molecule has 1 nitrogen and oxygen atoms in total. The van der Waals surface area contributed by atoms with Crippen molar-refractivity contribution in [2.45, 2.75) is 59.4 Å². The Morgan fingerprint density at radius 2 is 1.95 bits per heavy atom. The maximum Gasteiger partial charge on any atom is 0.0177 e. The van der Waals surface area contributed by atoms with Gasteiger partial charge in [0, 0.05) is 10.5 Å². The molecular formula is C18H30BrN. The van der Waals surface area contributed by atoms with Crippen molar-refractivity contribution in [3.05, 3.63) is 34.3 Å². The van der Waals surface area contributed by atoms with Gasteiger partial charge in [-0.3, -0.25) is 0 Å². The standard InChI is InChI=1S/C18H30BrN/c1-5-7-15(4)10-17(13-20-14(2)3)11-16-8-6-9-18(19)12-16/h6,8-9,12,14-15,17,20H,5,7,10-11,13H2,1-4H3. The first-order valence-electron chi connectivity index (χ1n) is 7.99. The summed E-state index contributed by atoms with van der Waals surface area (Å²) in [6, 6.07) is 9.32. The molecule has 0 aliphatic heterocycles. The smallest absolute Gasteiger partial charge is 0.0177 e. The Morgan fingerprint density at radius 3 is 2.55 bits per heavy atom.